The normalized spacial score (nSPS) is 20.5. The molecule has 0 radical (unpaired) electrons. The van der Waals surface area contributed by atoms with Crippen molar-refractivity contribution in [3.63, 3.8) is 0 Å². The molecule has 7 heteroatoms. The van der Waals surface area contributed by atoms with Crippen LogP contribution >= 0.6 is 11.3 Å². The van der Waals surface area contributed by atoms with Crippen LogP contribution in [0.5, 0.6) is 0 Å². The third kappa shape index (κ3) is 3.13. The first-order chi connectivity index (χ1) is 12.9. The van der Waals surface area contributed by atoms with Gasteiger partial charge in [-0.25, -0.2) is 15.0 Å². The maximum absolute atomic E-state index is 4.93. The molecule has 26 heavy (non-hydrogen) atoms. The Bertz CT molecular complexity index is 738. The van der Waals surface area contributed by atoms with E-state index in [0.717, 1.165) is 50.9 Å². The number of nitrogens with zero attached hydrogens (tertiary/aromatic N) is 6. The topological polar surface area (TPSA) is 48.4 Å². The minimum Gasteiger partial charge on any atom is -0.356 e. The summed E-state index contributed by atoms with van der Waals surface area (Å²) in [5, 5.41) is 1.23. The molecule has 0 N–H and O–H groups in total. The van der Waals surface area contributed by atoms with Crippen LogP contribution in [0.25, 0.3) is 0 Å². The van der Waals surface area contributed by atoms with E-state index >= 15 is 0 Å². The van der Waals surface area contributed by atoms with E-state index in [1.54, 1.807) is 6.33 Å². The summed E-state index contributed by atoms with van der Waals surface area (Å²) in [4.78, 5) is 22.7. The molecule has 138 valence electrons. The predicted molar refractivity (Wildman–Crippen MR) is 107 cm³/mol. The molecule has 0 spiro atoms. The van der Waals surface area contributed by atoms with Crippen molar-refractivity contribution in [2.24, 2.45) is 0 Å². The molecule has 2 aromatic rings. The average Bonchev–Trinajstić information content (AvgIpc) is 3.38. The van der Waals surface area contributed by atoms with Crippen molar-refractivity contribution < 1.29 is 0 Å². The van der Waals surface area contributed by atoms with Crippen LogP contribution in [0.2, 0.25) is 0 Å². The quantitative estimate of drug-likeness (QED) is 0.828. The van der Waals surface area contributed by atoms with E-state index in [9.17, 15) is 0 Å². The second kappa shape index (κ2) is 7.02. The number of piperazine rings is 1. The summed E-state index contributed by atoms with van der Waals surface area (Å²) in [5.74, 6) is 2.16. The number of hydrogen-bond donors (Lipinski definition) is 0. The third-order valence-corrected chi connectivity index (χ3v) is 7.00. The summed E-state index contributed by atoms with van der Waals surface area (Å²) in [5.41, 5.74) is 1.37. The Kier molecular flexibility index (Phi) is 4.40. The first kappa shape index (κ1) is 16.3. The number of fused-ring (bicyclic) bond motifs is 1. The van der Waals surface area contributed by atoms with Crippen LogP contribution < -0.4 is 14.7 Å². The Hall–Kier alpha value is -1.89. The first-order valence-electron chi connectivity index (χ1n) is 9.92. The van der Waals surface area contributed by atoms with Crippen molar-refractivity contribution in [2.45, 2.75) is 38.5 Å². The van der Waals surface area contributed by atoms with Crippen molar-refractivity contribution in [2.75, 3.05) is 54.0 Å². The number of aryl methyl sites for hydroxylation is 2. The Morgan fingerprint density at radius 2 is 1.38 bits per heavy atom. The molecule has 2 aromatic heterocycles. The Morgan fingerprint density at radius 3 is 2.12 bits per heavy atom. The SMILES string of the molecule is c1nc(N2CCCC2)cc(N2CCN(c3nc4c(s3)CCCC4)CC2)n1. The molecule has 0 aromatic carbocycles. The van der Waals surface area contributed by atoms with E-state index < -0.39 is 0 Å². The molecule has 2 aliphatic heterocycles. The first-order valence-corrected chi connectivity index (χ1v) is 10.7. The lowest BCUT2D eigenvalue weighted by Crippen LogP contribution is -2.46. The lowest BCUT2D eigenvalue weighted by Gasteiger charge is -2.35. The van der Waals surface area contributed by atoms with E-state index in [-0.39, 0.29) is 0 Å². The van der Waals surface area contributed by atoms with E-state index in [0.29, 0.717) is 0 Å². The van der Waals surface area contributed by atoms with Crippen LogP contribution in [0, 0.1) is 0 Å². The average molecular weight is 371 g/mol. The molecule has 4 heterocycles. The van der Waals surface area contributed by atoms with Crippen LogP contribution in [-0.4, -0.2) is 54.2 Å². The highest BCUT2D eigenvalue weighted by molar-refractivity contribution is 7.15. The highest BCUT2D eigenvalue weighted by Gasteiger charge is 2.24. The van der Waals surface area contributed by atoms with Crippen molar-refractivity contribution in [1.82, 2.24) is 15.0 Å². The second-order valence-corrected chi connectivity index (χ2v) is 8.54. The lowest BCUT2D eigenvalue weighted by molar-refractivity contribution is 0.641. The van der Waals surface area contributed by atoms with E-state index in [4.69, 9.17) is 4.98 Å². The highest BCUT2D eigenvalue weighted by Crippen LogP contribution is 2.32. The Balaban J connectivity index is 1.25. The molecule has 1 aliphatic carbocycles. The molecule has 2 fully saturated rings. The predicted octanol–water partition coefficient (Wildman–Crippen LogP) is 2.74. The van der Waals surface area contributed by atoms with Crippen LogP contribution in [-0.2, 0) is 12.8 Å². The van der Waals surface area contributed by atoms with Gasteiger partial charge in [0, 0.05) is 50.2 Å². The zero-order chi connectivity index (χ0) is 17.3. The molecule has 0 bridgehead atoms. The summed E-state index contributed by atoms with van der Waals surface area (Å²) in [6, 6.07) is 2.17. The van der Waals surface area contributed by atoms with Crippen molar-refractivity contribution >= 4 is 28.1 Å². The molecule has 3 aliphatic rings. The Labute approximate surface area is 158 Å². The van der Waals surface area contributed by atoms with Gasteiger partial charge in [0.2, 0.25) is 0 Å². The fourth-order valence-corrected chi connectivity index (χ4v) is 5.43. The minimum absolute atomic E-state index is 1.00. The summed E-state index contributed by atoms with van der Waals surface area (Å²) < 4.78 is 0. The molecular weight excluding hydrogens is 344 g/mol. The molecule has 6 nitrogen and oxygen atoms in total. The molecule has 0 unspecified atom stereocenters. The molecular formula is C19H26N6S. The number of thiazole rings is 1. The van der Waals surface area contributed by atoms with Crippen LogP contribution in [0.3, 0.4) is 0 Å². The summed E-state index contributed by atoms with van der Waals surface area (Å²) in [6.45, 7) is 6.30. The Morgan fingerprint density at radius 1 is 0.731 bits per heavy atom. The van der Waals surface area contributed by atoms with E-state index in [1.165, 1.54) is 54.2 Å². The van der Waals surface area contributed by atoms with Gasteiger partial charge >= 0.3 is 0 Å². The number of anilines is 3. The highest BCUT2D eigenvalue weighted by atomic mass is 32.1. The lowest BCUT2D eigenvalue weighted by atomic mass is 10.0. The summed E-state index contributed by atoms with van der Waals surface area (Å²) in [6.07, 6.45) is 9.31. The smallest absolute Gasteiger partial charge is 0.185 e. The largest absolute Gasteiger partial charge is 0.356 e. The van der Waals surface area contributed by atoms with Crippen LogP contribution in [0.1, 0.15) is 36.3 Å². The third-order valence-electron chi connectivity index (χ3n) is 5.78. The number of aromatic nitrogens is 3. The molecule has 2 saturated heterocycles. The standard InChI is InChI=1S/C19H26N6S/c1-2-6-16-15(5-1)22-19(26-16)25-11-9-24(10-12-25)18-13-17(20-14-21-18)23-7-3-4-8-23/h13-14H,1-12H2. The number of hydrogen-bond acceptors (Lipinski definition) is 7. The maximum Gasteiger partial charge on any atom is 0.185 e. The number of rotatable bonds is 3. The van der Waals surface area contributed by atoms with Gasteiger partial charge in [0.15, 0.2) is 5.13 Å². The zero-order valence-electron chi connectivity index (χ0n) is 15.2. The summed E-state index contributed by atoms with van der Waals surface area (Å²) in [7, 11) is 0. The van der Waals surface area contributed by atoms with Gasteiger partial charge in [0.1, 0.15) is 18.0 Å². The summed E-state index contributed by atoms with van der Waals surface area (Å²) >= 11 is 1.92. The molecule has 5 rings (SSSR count). The van der Waals surface area contributed by atoms with Gasteiger partial charge in [-0.1, -0.05) is 0 Å². The van der Waals surface area contributed by atoms with Gasteiger partial charge in [-0.05, 0) is 38.5 Å². The van der Waals surface area contributed by atoms with Gasteiger partial charge in [-0.2, -0.15) is 0 Å². The molecule has 0 atom stereocenters. The maximum atomic E-state index is 4.93. The van der Waals surface area contributed by atoms with Gasteiger partial charge < -0.3 is 14.7 Å². The van der Waals surface area contributed by atoms with E-state index in [2.05, 4.69) is 30.7 Å². The zero-order valence-corrected chi connectivity index (χ0v) is 16.0. The van der Waals surface area contributed by atoms with Gasteiger partial charge in [0.25, 0.3) is 0 Å². The van der Waals surface area contributed by atoms with Crippen molar-refractivity contribution in [3.05, 3.63) is 23.0 Å². The van der Waals surface area contributed by atoms with E-state index in [1.807, 2.05) is 11.3 Å². The van der Waals surface area contributed by atoms with Crippen LogP contribution in [0.4, 0.5) is 16.8 Å². The fraction of sp³-hybridized carbons (Fsp3) is 0.632. The van der Waals surface area contributed by atoms with Gasteiger partial charge in [-0.15, -0.1) is 11.3 Å². The second-order valence-electron chi connectivity index (χ2n) is 7.48. The van der Waals surface area contributed by atoms with Crippen molar-refractivity contribution in [1.29, 1.82) is 0 Å². The van der Waals surface area contributed by atoms with Gasteiger partial charge in [-0.3, -0.25) is 0 Å². The van der Waals surface area contributed by atoms with Gasteiger partial charge in [0.05, 0.1) is 5.69 Å². The fourth-order valence-electron chi connectivity index (χ4n) is 4.23. The van der Waals surface area contributed by atoms with Crippen LogP contribution in [0.15, 0.2) is 12.4 Å². The molecule has 0 amide bonds. The van der Waals surface area contributed by atoms with Crippen molar-refractivity contribution in [3.8, 4) is 0 Å². The minimum atomic E-state index is 1.00. The molecule has 0 saturated carbocycles. The monoisotopic (exact) mass is 370 g/mol.